The van der Waals surface area contributed by atoms with E-state index in [1.807, 2.05) is 0 Å². The molecule has 1 heterocycles. The monoisotopic (exact) mass is 862 g/mol. The van der Waals surface area contributed by atoms with Gasteiger partial charge in [0.1, 0.15) is 0 Å². The molecule has 0 saturated carbocycles. The van der Waals surface area contributed by atoms with E-state index < -0.39 is 0 Å². The van der Waals surface area contributed by atoms with E-state index in [-0.39, 0.29) is 16.9 Å². The minimum atomic E-state index is -0.128. The van der Waals surface area contributed by atoms with Gasteiger partial charge in [0.2, 0.25) is 0 Å². The first-order chi connectivity index (χ1) is 32.2. The second-order valence-corrected chi connectivity index (χ2v) is 20.0. The van der Waals surface area contributed by atoms with Crippen LogP contribution in [0.1, 0.15) is 67.2 Å². The topological polar surface area (TPSA) is 9.72 Å². The molecule has 5 aliphatic carbocycles. The minimum Gasteiger partial charge on any atom is -0.333 e. The van der Waals surface area contributed by atoms with E-state index in [0.29, 0.717) is 23.7 Å². The van der Waals surface area contributed by atoms with Gasteiger partial charge in [-0.2, -0.15) is 0 Å². The molecule has 6 aliphatic rings. The summed E-state index contributed by atoms with van der Waals surface area (Å²) in [6.45, 7) is 14.7. The van der Waals surface area contributed by atoms with Gasteiger partial charge in [0.25, 0.3) is 0 Å². The van der Waals surface area contributed by atoms with Crippen molar-refractivity contribution in [1.29, 1.82) is 0 Å². The molecular formula is C63H63N3. The van der Waals surface area contributed by atoms with Gasteiger partial charge in [0.05, 0.1) is 6.04 Å². The molecule has 0 bridgehead atoms. The molecule has 3 nitrogen and oxygen atoms in total. The zero-order valence-electron chi connectivity index (χ0n) is 39.5. The van der Waals surface area contributed by atoms with E-state index >= 15 is 0 Å². The van der Waals surface area contributed by atoms with Gasteiger partial charge >= 0.3 is 0 Å². The Balaban J connectivity index is 1.10. The molecule has 0 radical (unpaired) electrons. The van der Waals surface area contributed by atoms with Crippen molar-refractivity contribution in [3.8, 4) is 11.1 Å². The Labute approximate surface area is 393 Å². The molecule has 330 valence electrons. The summed E-state index contributed by atoms with van der Waals surface area (Å²) in [5.74, 6) is 1.87. The average molecular weight is 862 g/mol. The zero-order chi connectivity index (χ0) is 45.2. The van der Waals surface area contributed by atoms with E-state index in [1.54, 1.807) is 22.3 Å². The summed E-state index contributed by atoms with van der Waals surface area (Å²) in [5.41, 5.74) is 18.5. The largest absolute Gasteiger partial charge is 0.333 e. The van der Waals surface area contributed by atoms with Crippen molar-refractivity contribution in [1.82, 2.24) is 0 Å². The van der Waals surface area contributed by atoms with Gasteiger partial charge < -0.3 is 14.7 Å². The van der Waals surface area contributed by atoms with Gasteiger partial charge in [-0.1, -0.05) is 156 Å². The van der Waals surface area contributed by atoms with Crippen LogP contribution in [0.15, 0.2) is 228 Å². The molecule has 11 rings (SSSR count). The third kappa shape index (κ3) is 6.76. The summed E-state index contributed by atoms with van der Waals surface area (Å²) < 4.78 is 0. The van der Waals surface area contributed by atoms with Crippen LogP contribution in [0.2, 0.25) is 0 Å². The Kier molecular flexibility index (Phi) is 10.6. The van der Waals surface area contributed by atoms with Crippen LogP contribution >= 0.6 is 0 Å². The quantitative estimate of drug-likeness (QED) is 0.139. The molecule has 6 atom stereocenters. The minimum absolute atomic E-state index is 0.0729. The standard InChI is InChI=1S/C63H63N3/c1-7-63(8-2)56-34-33-44(4)37-55(56)60-45(5)61-58(42-57(60)63)66(59-32-18-19-35-62(59,61)6)52-31-21-23-46(38-52)47-39-53(64(48-24-12-9-13-25-48)49-26-14-10-15-27-49)41-54(40-47)65(50-28-16-11-17-29-50)51-30-20-22-43(3)36-51/h9-35,38-45,59-60H,7-8,36-37H2,1-6H3. The number of allylic oxidation sites excluding steroid dienone is 12. The fraction of sp³-hybridized carbons (Fsp3) is 0.270. The highest BCUT2D eigenvalue weighted by molar-refractivity contribution is 5.86. The Bertz CT molecular complexity index is 2880. The number of rotatable bonds is 10. The lowest BCUT2D eigenvalue weighted by atomic mass is 9.62. The summed E-state index contributed by atoms with van der Waals surface area (Å²) in [5, 5.41) is 0. The van der Waals surface area contributed by atoms with E-state index in [9.17, 15) is 0 Å². The van der Waals surface area contributed by atoms with Crippen molar-refractivity contribution >= 4 is 34.1 Å². The van der Waals surface area contributed by atoms with Crippen LogP contribution in [-0.4, -0.2) is 6.04 Å². The molecular weight excluding hydrogens is 799 g/mol. The zero-order valence-corrected chi connectivity index (χ0v) is 39.5. The normalized spacial score (nSPS) is 25.5. The van der Waals surface area contributed by atoms with E-state index in [0.717, 1.165) is 47.7 Å². The van der Waals surface area contributed by atoms with Crippen LogP contribution in [0, 0.1) is 34.5 Å². The lowest BCUT2D eigenvalue weighted by molar-refractivity contribution is 0.351. The first-order valence-electron chi connectivity index (χ1n) is 24.6. The fourth-order valence-corrected chi connectivity index (χ4v) is 13.0. The van der Waals surface area contributed by atoms with Crippen molar-refractivity contribution in [2.75, 3.05) is 14.7 Å². The second-order valence-electron chi connectivity index (χ2n) is 20.0. The molecule has 0 aromatic heterocycles. The van der Waals surface area contributed by atoms with Gasteiger partial charge in [-0.05, 0) is 157 Å². The molecule has 0 saturated heterocycles. The average Bonchev–Trinajstić information content (AvgIpc) is 3.78. The number of fused-ring (bicyclic) bond motifs is 4. The smallest absolute Gasteiger partial charge is 0.0651 e. The van der Waals surface area contributed by atoms with Crippen LogP contribution in [0.5, 0.6) is 0 Å². The maximum Gasteiger partial charge on any atom is 0.0651 e. The SMILES string of the molecule is CCC1(CC)C2=CC3=C(C(C)C2C2=C1C=CC(C)C2)C1(C)C=CC=CC1N3c1cccc(-c2cc(N(C3=CC=CC(C)C3)c3ccccc3)cc(N(c3ccccc3)c3ccccc3)c2)c1. The predicted octanol–water partition coefficient (Wildman–Crippen LogP) is 16.9. The maximum atomic E-state index is 2.71. The highest BCUT2D eigenvalue weighted by atomic mass is 15.2. The molecule has 1 aliphatic heterocycles. The van der Waals surface area contributed by atoms with Crippen LogP contribution in [0.25, 0.3) is 11.1 Å². The lowest BCUT2D eigenvalue weighted by Crippen LogP contribution is -2.39. The van der Waals surface area contributed by atoms with Crippen LogP contribution in [0.3, 0.4) is 0 Å². The molecule has 3 heteroatoms. The summed E-state index contributed by atoms with van der Waals surface area (Å²) in [6.07, 6.45) is 28.5. The van der Waals surface area contributed by atoms with Gasteiger partial charge in [-0.3, -0.25) is 0 Å². The molecule has 0 fully saturated rings. The van der Waals surface area contributed by atoms with Crippen LogP contribution in [0.4, 0.5) is 34.1 Å². The number of hydrogen-bond acceptors (Lipinski definition) is 3. The first-order valence-corrected chi connectivity index (χ1v) is 24.6. The van der Waals surface area contributed by atoms with E-state index in [2.05, 4.69) is 250 Å². The van der Waals surface area contributed by atoms with Gasteiger partial charge in [-0.15, -0.1) is 0 Å². The molecule has 0 amide bonds. The molecule has 0 N–H and O–H groups in total. The van der Waals surface area contributed by atoms with Gasteiger partial charge in [0.15, 0.2) is 0 Å². The van der Waals surface area contributed by atoms with Crippen molar-refractivity contribution in [3.63, 3.8) is 0 Å². The Morgan fingerprint density at radius 3 is 1.89 bits per heavy atom. The highest BCUT2D eigenvalue weighted by Gasteiger charge is 2.57. The fourth-order valence-electron chi connectivity index (χ4n) is 13.0. The number of nitrogens with zero attached hydrogens (tertiary/aromatic N) is 3. The number of hydrogen-bond donors (Lipinski definition) is 0. The first kappa shape index (κ1) is 42.1. The van der Waals surface area contributed by atoms with Crippen molar-refractivity contribution in [3.05, 3.63) is 228 Å². The van der Waals surface area contributed by atoms with Crippen molar-refractivity contribution in [2.24, 2.45) is 34.5 Å². The molecule has 5 aromatic rings. The molecule has 0 spiro atoms. The number of anilines is 6. The number of para-hydroxylation sites is 3. The summed E-state index contributed by atoms with van der Waals surface area (Å²) in [6, 6.07) is 49.4. The van der Waals surface area contributed by atoms with Crippen molar-refractivity contribution < 1.29 is 0 Å². The predicted molar refractivity (Wildman–Crippen MR) is 280 cm³/mol. The van der Waals surface area contributed by atoms with Crippen LogP contribution in [-0.2, 0) is 0 Å². The summed E-state index contributed by atoms with van der Waals surface area (Å²) >= 11 is 0. The third-order valence-electron chi connectivity index (χ3n) is 16.0. The molecule has 6 unspecified atom stereocenters. The van der Waals surface area contributed by atoms with Crippen molar-refractivity contribution in [2.45, 2.75) is 73.3 Å². The lowest BCUT2D eigenvalue weighted by Gasteiger charge is -2.40. The second kappa shape index (κ2) is 16.7. The number of benzene rings is 5. The molecule has 5 aromatic carbocycles. The molecule has 66 heavy (non-hydrogen) atoms. The maximum absolute atomic E-state index is 2.71. The Hall–Kier alpha value is -6.58. The van der Waals surface area contributed by atoms with Crippen LogP contribution < -0.4 is 14.7 Å². The van der Waals surface area contributed by atoms with Gasteiger partial charge in [0, 0.05) is 62.3 Å². The Morgan fingerprint density at radius 2 is 1.24 bits per heavy atom. The van der Waals surface area contributed by atoms with E-state index in [1.165, 1.54) is 34.6 Å². The van der Waals surface area contributed by atoms with Gasteiger partial charge in [-0.25, -0.2) is 0 Å². The van der Waals surface area contributed by atoms with E-state index in [4.69, 9.17) is 0 Å². The summed E-state index contributed by atoms with van der Waals surface area (Å²) in [7, 11) is 0. The third-order valence-corrected chi connectivity index (χ3v) is 16.0. The Morgan fingerprint density at radius 1 is 0.606 bits per heavy atom. The summed E-state index contributed by atoms with van der Waals surface area (Å²) in [4.78, 5) is 7.61. The highest BCUT2D eigenvalue weighted by Crippen LogP contribution is 2.66.